The van der Waals surface area contributed by atoms with Gasteiger partial charge in [-0.25, -0.2) is 8.78 Å². The number of aromatic nitrogens is 1. The van der Waals surface area contributed by atoms with E-state index in [4.69, 9.17) is 0 Å². The zero-order chi connectivity index (χ0) is 23.9. The molecule has 0 radical (unpaired) electrons. The molecule has 0 bridgehead atoms. The molecule has 2 aromatic carbocycles. The number of hydrogen-bond acceptors (Lipinski definition) is 4. The summed E-state index contributed by atoms with van der Waals surface area (Å²) in [5.74, 6) is -1.63. The van der Waals surface area contributed by atoms with E-state index in [9.17, 15) is 18.4 Å². The summed E-state index contributed by atoms with van der Waals surface area (Å²) in [6, 6.07) is 13.2. The maximum absolute atomic E-state index is 14.1. The molecule has 0 aliphatic heterocycles. The van der Waals surface area contributed by atoms with E-state index in [1.165, 1.54) is 24.4 Å². The number of para-hydroxylation sites is 1. The molecule has 6 nitrogen and oxygen atoms in total. The van der Waals surface area contributed by atoms with Gasteiger partial charge in [0.2, 0.25) is 5.91 Å². The van der Waals surface area contributed by atoms with Gasteiger partial charge >= 0.3 is 0 Å². The van der Waals surface area contributed by atoms with Crippen LogP contribution in [0.3, 0.4) is 0 Å². The van der Waals surface area contributed by atoms with Gasteiger partial charge in [0.15, 0.2) is 5.82 Å². The Morgan fingerprint density at radius 3 is 2.53 bits per heavy atom. The smallest absolute Gasteiger partial charge is 0.252 e. The van der Waals surface area contributed by atoms with E-state index in [1.807, 2.05) is 0 Å². The molecule has 2 amide bonds. The molecule has 1 atom stereocenters. The average Bonchev–Trinajstić information content (AvgIpc) is 3.35. The summed E-state index contributed by atoms with van der Waals surface area (Å²) in [4.78, 5) is 29.8. The molecule has 1 heterocycles. The third-order valence-electron chi connectivity index (χ3n) is 5.97. The van der Waals surface area contributed by atoms with Crippen molar-refractivity contribution in [3.05, 3.63) is 84.2 Å². The zero-order valence-corrected chi connectivity index (χ0v) is 18.6. The largest absolute Gasteiger partial charge is 0.353 e. The van der Waals surface area contributed by atoms with Crippen LogP contribution in [0.2, 0.25) is 0 Å². The molecule has 1 saturated carbocycles. The molecule has 1 aliphatic carbocycles. The van der Waals surface area contributed by atoms with Crippen LogP contribution >= 0.6 is 0 Å². The van der Waals surface area contributed by atoms with Crippen molar-refractivity contribution >= 4 is 28.9 Å². The summed E-state index contributed by atoms with van der Waals surface area (Å²) in [6.07, 6.45) is 7.22. The summed E-state index contributed by atoms with van der Waals surface area (Å²) in [6.45, 7) is 0. The molecule has 0 saturated heterocycles. The van der Waals surface area contributed by atoms with Crippen molar-refractivity contribution < 1.29 is 18.4 Å². The van der Waals surface area contributed by atoms with Crippen LogP contribution in [0.5, 0.6) is 0 Å². The highest BCUT2D eigenvalue weighted by atomic mass is 19.1. The Hall–Kier alpha value is -3.81. The third kappa shape index (κ3) is 5.95. The molecular weight excluding hydrogens is 438 g/mol. The molecule has 1 aliphatic rings. The first-order chi connectivity index (χ1) is 16.5. The van der Waals surface area contributed by atoms with Crippen LogP contribution in [0.1, 0.15) is 42.5 Å². The van der Waals surface area contributed by atoms with E-state index in [-0.39, 0.29) is 11.4 Å². The first-order valence-corrected chi connectivity index (χ1v) is 11.3. The van der Waals surface area contributed by atoms with Gasteiger partial charge in [-0.1, -0.05) is 43.9 Å². The molecule has 1 aromatic heterocycles. The van der Waals surface area contributed by atoms with Crippen LogP contribution in [-0.4, -0.2) is 22.8 Å². The van der Waals surface area contributed by atoms with Gasteiger partial charge < -0.3 is 16.0 Å². The van der Waals surface area contributed by atoms with Gasteiger partial charge in [0, 0.05) is 17.4 Å². The highest BCUT2D eigenvalue weighted by Gasteiger charge is 2.27. The number of nitrogens with one attached hydrogen (secondary N) is 3. The Morgan fingerprint density at radius 1 is 0.971 bits per heavy atom. The quantitative estimate of drug-likeness (QED) is 0.416. The normalized spacial score (nSPS) is 14.4. The SMILES string of the molecule is O=C(N[C@@H](CC1CCCC1)C(=O)Nc1ccccc1F)c1cccc(Nc2ccncc2F)c1. The van der Waals surface area contributed by atoms with Crippen molar-refractivity contribution in [3.8, 4) is 0 Å². The minimum atomic E-state index is -0.815. The number of carbonyl (C=O) groups excluding carboxylic acids is 2. The number of nitrogens with zero attached hydrogens (tertiary/aromatic N) is 1. The van der Waals surface area contributed by atoms with E-state index < -0.39 is 29.5 Å². The highest BCUT2D eigenvalue weighted by molar-refractivity contribution is 6.01. The third-order valence-corrected chi connectivity index (χ3v) is 5.97. The first-order valence-electron chi connectivity index (χ1n) is 11.3. The standard InChI is InChI=1S/C26H26F2N4O2/c27-20-10-3-4-11-22(20)31-26(34)24(14-17-6-1-2-7-17)32-25(33)18-8-5-9-19(15-18)30-23-12-13-29-16-21(23)28/h3-5,8-13,15-17,24H,1-2,6-7,14H2,(H,29,30)(H,31,34)(H,32,33)/t24-/m0/s1. The molecule has 8 heteroatoms. The lowest BCUT2D eigenvalue weighted by Gasteiger charge is -2.22. The summed E-state index contributed by atoms with van der Waals surface area (Å²) < 4.78 is 28.0. The summed E-state index contributed by atoms with van der Waals surface area (Å²) in [5, 5.41) is 8.34. The van der Waals surface area contributed by atoms with Crippen molar-refractivity contribution in [2.75, 3.05) is 10.6 Å². The second-order valence-electron chi connectivity index (χ2n) is 8.44. The van der Waals surface area contributed by atoms with Crippen molar-refractivity contribution in [2.24, 2.45) is 5.92 Å². The van der Waals surface area contributed by atoms with E-state index in [0.717, 1.165) is 31.9 Å². The van der Waals surface area contributed by atoms with Crippen molar-refractivity contribution in [1.82, 2.24) is 10.3 Å². The van der Waals surface area contributed by atoms with Gasteiger partial charge in [-0.2, -0.15) is 0 Å². The van der Waals surface area contributed by atoms with Gasteiger partial charge in [0.25, 0.3) is 5.91 Å². The van der Waals surface area contributed by atoms with Gasteiger partial charge in [-0.05, 0) is 48.7 Å². The second-order valence-corrected chi connectivity index (χ2v) is 8.44. The maximum atomic E-state index is 14.1. The van der Waals surface area contributed by atoms with E-state index >= 15 is 0 Å². The molecule has 34 heavy (non-hydrogen) atoms. The summed E-state index contributed by atoms with van der Waals surface area (Å²) >= 11 is 0. The predicted octanol–water partition coefficient (Wildman–Crippen LogP) is 5.42. The number of hydrogen-bond donors (Lipinski definition) is 3. The lowest BCUT2D eigenvalue weighted by Crippen LogP contribution is -2.45. The fraction of sp³-hybridized carbons (Fsp3) is 0.269. The predicted molar refractivity (Wildman–Crippen MR) is 127 cm³/mol. The second kappa shape index (κ2) is 10.9. The van der Waals surface area contributed by atoms with Crippen LogP contribution in [0.4, 0.5) is 25.8 Å². The number of benzene rings is 2. The molecule has 3 aromatic rings. The molecule has 3 N–H and O–H groups in total. The average molecular weight is 465 g/mol. The Labute approximate surface area is 196 Å². The minimum absolute atomic E-state index is 0.0729. The van der Waals surface area contributed by atoms with Gasteiger partial charge in [-0.15, -0.1) is 0 Å². The van der Waals surface area contributed by atoms with Gasteiger partial charge in [0.1, 0.15) is 11.9 Å². The van der Waals surface area contributed by atoms with E-state index in [1.54, 1.807) is 36.4 Å². The number of pyridine rings is 1. The van der Waals surface area contributed by atoms with Crippen molar-refractivity contribution in [3.63, 3.8) is 0 Å². The fourth-order valence-corrected chi connectivity index (χ4v) is 4.21. The van der Waals surface area contributed by atoms with E-state index in [2.05, 4.69) is 20.9 Å². The van der Waals surface area contributed by atoms with E-state index in [0.29, 0.717) is 23.6 Å². The first kappa shape index (κ1) is 23.4. The molecular formula is C26H26F2N4O2. The topological polar surface area (TPSA) is 83.1 Å². The molecule has 0 spiro atoms. The molecule has 0 unspecified atom stereocenters. The Bertz CT molecular complexity index is 1160. The van der Waals surface area contributed by atoms with Crippen LogP contribution in [0.25, 0.3) is 0 Å². The van der Waals surface area contributed by atoms with Gasteiger partial charge in [0.05, 0.1) is 17.6 Å². The van der Waals surface area contributed by atoms with Crippen LogP contribution in [-0.2, 0) is 4.79 Å². The number of anilines is 3. The van der Waals surface area contributed by atoms with Crippen molar-refractivity contribution in [1.29, 1.82) is 0 Å². The van der Waals surface area contributed by atoms with Crippen LogP contribution in [0.15, 0.2) is 67.0 Å². The Kier molecular flexibility index (Phi) is 7.47. The lowest BCUT2D eigenvalue weighted by atomic mass is 9.97. The molecule has 1 fully saturated rings. The Morgan fingerprint density at radius 2 is 1.76 bits per heavy atom. The number of amides is 2. The molecule has 176 valence electrons. The van der Waals surface area contributed by atoms with Crippen LogP contribution in [0, 0.1) is 17.6 Å². The monoisotopic (exact) mass is 464 g/mol. The molecule has 4 rings (SSSR count). The summed E-state index contributed by atoms with van der Waals surface area (Å²) in [5.41, 5.74) is 1.13. The highest BCUT2D eigenvalue weighted by Crippen LogP contribution is 2.29. The Balaban J connectivity index is 1.49. The zero-order valence-electron chi connectivity index (χ0n) is 18.6. The van der Waals surface area contributed by atoms with Gasteiger partial charge in [-0.3, -0.25) is 14.6 Å². The number of carbonyl (C=O) groups is 2. The number of rotatable bonds is 8. The summed E-state index contributed by atoms with van der Waals surface area (Å²) in [7, 11) is 0. The minimum Gasteiger partial charge on any atom is -0.353 e. The fourth-order valence-electron chi connectivity index (χ4n) is 4.21. The lowest BCUT2D eigenvalue weighted by molar-refractivity contribution is -0.118. The number of halogens is 2. The van der Waals surface area contributed by atoms with Crippen LogP contribution < -0.4 is 16.0 Å². The maximum Gasteiger partial charge on any atom is 0.252 e. The van der Waals surface area contributed by atoms with Crippen molar-refractivity contribution in [2.45, 2.75) is 38.1 Å².